The third-order valence-corrected chi connectivity index (χ3v) is 6.24. The molecule has 0 bridgehead atoms. The number of carbonyl (C=O) groups excluding carboxylic acids is 3. The van der Waals surface area contributed by atoms with Crippen molar-refractivity contribution < 1.29 is 14.4 Å². The maximum atomic E-state index is 13.2. The molecule has 32 heavy (non-hydrogen) atoms. The molecule has 0 saturated carbocycles. The summed E-state index contributed by atoms with van der Waals surface area (Å²) in [6.07, 6.45) is 7.02. The molecule has 2 unspecified atom stereocenters. The van der Waals surface area contributed by atoms with Crippen LogP contribution < -0.4 is 10.6 Å². The molecule has 1 aromatic rings. The molecule has 2 rings (SSSR count). The van der Waals surface area contributed by atoms with Crippen molar-refractivity contribution in [3.8, 4) is 0 Å². The van der Waals surface area contributed by atoms with Gasteiger partial charge in [-0.15, -0.1) is 0 Å². The van der Waals surface area contributed by atoms with Crippen LogP contribution in [0, 0.1) is 5.92 Å². The van der Waals surface area contributed by atoms with Gasteiger partial charge in [-0.05, 0) is 24.5 Å². The highest BCUT2D eigenvalue weighted by Gasteiger charge is 2.32. The molecule has 7 nitrogen and oxygen atoms in total. The molecule has 1 fully saturated rings. The van der Waals surface area contributed by atoms with Crippen LogP contribution in [0.5, 0.6) is 0 Å². The maximum Gasteiger partial charge on any atom is 0.319 e. The molecule has 7 heteroatoms. The molecule has 1 heterocycles. The Bertz CT molecular complexity index is 717. The highest BCUT2D eigenvalue weighted by atomic mass is 16.2. The zero-order chi connectivity index (χ0) is 23.3. The van der Waals surface area contributed by atoms with Gasteiger partial charge < -0.3 is 20.4 Å². The molecule has 0 spiro atoms. The number of carbonyl (C=O) groups is 3. The van der Waals surface area contributed by atoms with Crippen molar-refractivity contribution in [3.05, 3.63) is 30.3 Å². The van der Waals surface area contributed by atoms with Gasteiger partial charge in [-0.3, -0.25) is 9.59 Å². The maximum absolute atomic E-state index is 13.2. The lowest BCUT2D eigenvalue weighted by molar-refractivity contribution is -0.141. The van der Waals surface area contributed by atoms with E-state index in [4.69, 9.17) is 0 Å². The lowest BCUT2D eigenvalue weighted by Crippen LogP contribution is -2.57. The zero-order valence-corrected chi connectivity index (χ0v) is 19.9. The molecule has 178 valence electrons. The van der Waals surface area contributed by atoms with Gasteiger partial charge in [-0.25, -0.2) is 4.79 Å². The Morgan fingerprint density at radius 1 is 0.906 bits per heavy atom. The minimum absolute atomic E-state index is 0.00630. The summed E-state index contributed by atoms with van der Waals surface area (Å²) >= 11 is 0. The number of para-hydroxylation sites is 1. The van der Waals surface area contributed by atoms with Crippen molar-refractivity contribution in [2.45, 2.75) is 71.8 Å². The molecule has 4 amide bonds. The van der Waals surface area contributed by atoms with Crippen LogP contribution in [0.2, 0.25) is 0 Å². The first kappa shape index (κ1) is 25.7. The van der Waals surface area contributed by atoms with Crippen molar-refractivity contribution >= 4 is 23.5 Å². The average Bonchev–Trinajstić information content (AvgIpc) is 2.82. The molecule has 0 radical (unpaired) electrons. The van der Waals surface area contributed by atoms with Crippen molar-refractivity contribution in [1.29, 1.82) is 0 Å². The van der Waals surface area contributed by atoms with Crippen LogP contribution in [0.1, 0.15) is 65.7 Å². The summed E-state index contributed by atoms with van der Waals surface area (Å²) < 4.78 is 0. The highest BCUT2D eigenvalue weighted by molar-refractivity contribution is 5.94. The van der Waals surface area contributed by atoms with Gasteiger partial charge in [-0.1, -0.05) is 71.1 Å². The van der Waals surface area contributed by atoms with E-state index in [1.54, 1.807) is 17.0 Å². The molecule has 1 aromatic carbocycles. The Hall–Kier alpha value is -2.57. The number of piperazine rings is 1. The molecule has 2 N–H and O–H groups in total. The SMILES string of the molecule is CCCCCCCC(=O)N1CCN(C(=O)C(NC(=O)Nc2ccccc2)C(C)CC)CC1. The lowest BCUT2D eigenvalue weighted by Gasteiger charge is -2.37. The quantitative estimate of drug-likeness (QED) is 0.501. The summed E-state index contributed by atoms with van der Waals surface area (Å²) in [5.74, 6) is 0.119. The molecule has 0 aliphatic carbocycles. The minimum atomic E-state index is -0.593. The van der Waals surface area contributed by atoms with E-state index in [-0.39, 0.29) is 23.8 Å². The van der Waals surface area contributed by atoms with Crippen molar-refractivity contribution in [3.63, 3.8) is 0 Å². The second kappa shape index (κ2) is 13.8. The Morgan fingerprint density at radius 2 is 1.53 bits per heavy atom. The van der Waals surface area contributed by atoms with Crippen LogP contribution in [-0.4, -0.2) is 59.9 Å². The second-order valence-electron chi connectivity index (χ2n) is 8.70. The highest BCUT2D eigenvalue weighted by Crippen LogP contribution is 2.15. The molecular formula is C25H40N4O3. The third kappa shape index (κ3) is 8.17. The van der Waals surface area contributed by atoms with E-state index < -0.39 is 6.04 Å². The standard InChI is InChI=1S/C25H40N4O3/c1-4-6-7-8-12-15-22(30)28-16-18-29(19-17-28)24(31)23(20(3)5-2)27-25(32)26-21-13-10-9-11-14-21/h9-11,13-14,20,23H,4-8,12,15-19H2,1-3H3,(H2,26,27,32). The fraction of sp³-hybridized carbons (Fsp3) is 0.640. The fourth-order valence-corrected chi connectivity index (χ4v) is 3.92. The monoisotopic (exact) mass is 444 g/mol. The van der Waals surface area contributed by atoms with E-state index in [1.807, 2.05) is 36.9 Å². The minimum Gasteiger partial charge on any atom is -0.339 e. The molecule has 2 atom stereocenters. The van der Waals surface area contributed by atoms with E-state index in [1.165, 1.54) is 19.3 Å². The molecule has 0 aromatic heterocycles. The first-order valence-electron chi connectivity index (χ1n) is 12.1. The summed E-state index contributed by atoms with van der Waals surface area (Å²) in [7, 11) is 0. The van der Waals surface area contributed by atoms with Crippen molar-refractivity contribution in [2.75, 3.05) is 31.5 Å². The predicted octanol–water partition coefficient (Wildman–Crippen LogP) is 4.25. The molecular weight excluding hydrogens is 404 g/mol. The number of urea groups is 1. The zero-order valence-electron chi connectivity index (χ0n) is 19.9. The van der Waals surface area contributed by atoms with Crippen molar-refractivity contribution in [2.24, 2.45) is 5.92 Å². The smallest absolute Gasteiger partial charge is 0.319 e. The van der Waals surface area contributed by atoms with Crippen LogP contribution in [0.3, 0.4) is 0 Å². The number of nitrogens with zero attached hydrogens (tertiary/aromatic N) is 2. The third-order valence-electron chi connectivity index (χ3n) is 6.24. The summed E-state index contributed by atoms with van der Waals surface area (Å²) in [6.45, 7) is 8.31. The van der Waals surface area contributed by atoms with E-state index in [0.29, 0.717) is 38.3 Å². The molecule has 1 saturated heterocycles. The normalized spacial score (nSPS) is 15.7. The van der Waals surface area contributed by atoms with Crippen LogP contribution in [0.4, 0.5) is 10.5 Å². The first-order valence-corrected chi connectivity index (χ1v) is 12.1. The van der Waals surface area contributed by atoms with E-state index in [2.05, 4.69) is 17.6 Å². The number of hydrogen-bond donors (Lipinski definition) is 2. The van der Waals surface area contributed by atoms with Gasteiger partial charge in [0, 0.05) is 38.3 Å². The van der Waals surface area contributed by atoms with Crippen LogP contribution >= 0.6 is 0 Å². The number of unbranched alkanes of at least 4 members (excludes halogenated alkanes) is 4. The first-order chi connectivity index (χ1) is 15.5. The number of nitrogens with one attached hydrogen (secondary N) is 2. The van der Waals surface area contributed by atoms with Gasteiger partial charge in [-0.2, -0.15) is 0 Å². The fourth-order valence-electron chi connectivity index (χ4n) is 3.92. The van der Waals surface area contributed by atoms with E-state index >= 15 is 0 Å². The van der Waals surface area contributed by atoms with Gasteiger partial charge in [0.1, 0.15) is 6.04 Å². The summed E-state index contributed by atoms with van der Waals surface area (Å²) in [5.41, 5.74) is 0.683. The lowest BCUT2D eigenvalue weighted by atomic mass is 9.97. The van der Waals surface area contributed by atoms with Gasteiger partial charge >= 0.3 is 6.03 Å². The Kier molecular flexibility index (Phi) is 11.0. The van der Waals surface area contributed by atoms with Gasteiger partial charge in [0.05, 0.1) is 0 Å². The van der Waals surface area contributed by atoms with Gasteiger partial charge in [0.2, 0.25) is 11.8 Å². The Morgan fingerprint density at radius 3 is 2.16 bits per heavy atom. The van der Waals surface area contributed by atoms with E-state index in [9.17, 15) is 14.4 Å². The predicted molar refractivity (Wildman–Crippen MR) is 128 cm³/mol. The second-order valence-corrected chi connectivity index (χ2v) is 8.70. The number of amides is 4. The average molecular weight is 445 g/mol. The van der Waals surface area contributed by atoms with Gasteiger partial charge in [0.15, 0.2) is 0 Å². The Labute approximate surface area is 192 Å². The number of rotatable bonds is 11. The van der Waals surface area contributed by atoms with Crippen LogP contribution in [0.25, 0.3) is 0 Å². The van der Waals surface area contributed by atoms with E-state index in [0.717, 1.165) is 19.3 Å². The molecule has 1 aliphatic heterocycles. The summed E-state index contributed by atoms with van der Waals surface area (Å²) in [5, 5.41) is 5.66. The number of hydrogen-bond acceptors (Lipinski definition) is 3. The summed E-state index contributed by atoms with van der Waals surface area (Å²) in [4.78, 5) is 41.8. The molecule has 1 aliphatic rings. The Balaban J connectivity index is 1.84. The van der Waals surface area contributed by atoms with Crippen LogP contribution in [0.15, 0.2) is 30.3 Å². The van der Waals surface area contributed by atoms with Gasteiger partial charge in [0.25, 0.3) is 0 Å². The van der Waals surface area contributed by atoms with Crippen molar-refractivity contribution in [1.82, 2.24) is 15.1 Å². The van der Waals surface area contributed by atoms with Crippen LogP contribution in [-0.2, 0) is 9.59 Å². The topological polar surface area (TPSA) is 81.8 Å². The number of anilines is 1. The largest absolute Gasteiger partial charge is 0.339 e. The summed E-state index contributed by atoms with van der Waals surface area (Å²) in [6, 6.07) is 8.21. The number of benzene rings is 1.